The van der Waals surface area contributed by atoms with Crippen LogP contribution in [-0.4, -0.2) is 24.3 Å². The summed E-state index contributed by atoms with van der Waals surface area (Å²) in [4.78, 5) is 11.5. The molecule has 1 heterocycles. The molecule has 0 aromatic heterocycles. The highest BCUT2D eigenvalue weighted by Gasteiger charge is 2.43. The topological polar surface area (TPSA) is 46.5 Å². The molecule has 17 heavy (non-hydrogen) atoms. The molecule has 0 bridgehead atoms. The molecule has 0 unspecified atom stereocenters. The maximum atomic E-state index is 13.0. The second-order valence-electron chi connectivity index (χ2n) is 4.12. The van der Waals surface area contributed by atoms with Crippen molar-refractivity contribution in [2.45, 2.75) is 18.3 Å². The second kappa shape index (κ2) is 4.63. The van der Waals surface area contributed by atoms with Gasteiger partial charge in [0.25, 0.3) is 0 Å². The van der Waals surface area contributed by atoms with E-state index in [9.17, 15) is 14.3 Å². The number of halogens is 2. The quantitative estimate of drug-likeness (QED) is 0.887. The van der Waals surface area contributed by atoms with Crippen molar-refractivity contribution in [3.05, 3.63) is 34.6 Å². The third kappa shape index (κ3) is 2.15. The zero-order valence-corrected chi connectivity index (χ0v) is 9.84. The Morgan fingerprint density at radius 2 is 2.06 bits per heavy atom. The minimum Gasteiger partial charge on any atom is -0.481 e. The van der Waals surface area contributed by atoms with Crippen molar-refractivity contribution < 1.29 is 19.0 Å². The van der Waals surface area contributed by atoms with Crippen molar-refractivity contribution in [2.75, 3.05) is 13.2 Å². The number of aliphatic carboxylic acids is 1. The van der Waals surface area contributed by atoms with Crippen molar-refractivity contribution in [3.8, 4) is 0 Å². The summed E-state index contributed by atoms with van der Waals surface area (Å²) in [5.74, 6) is -1.40. The SMILES string of the molecule is O=C(O)C1(c2ccc(F)cc2Cl)CCOCC1. The van der Waals surface area contributed by atoms with E-state index in [1.807, 2.05) is 0 Å². The van der Waals surface area contributed by atoms with E-state index in [0.717, 1.165) is 6.07 Å². The number of rotatable bonds is 2. The van der Waals surface area contributed by atoms with Crippen LogP contribution in [0.2, 0.25) is 5.02 Å². The molecule has 5 heteroatoms. The van der Waals surface area contributed by atoms with E-state index in [0.29, 0.717) is 31.6 Å². The molecule has 1 aromatic carbocycles. The van der Waals surface area contributed by atoms with Crippen LogP contribution >= 0.6 is 11.6 Å². The molecular formula is C12H12ClFO3. The van der Waals surface area contributed by atoms with Crippen molar-refractivity contribution in [1.82, 2.24) is 0 Å². The summed E-state index contributed by atoms with van der Waals surface area (Å²) in [6.45, 7) is 0.750. The predicted octanol–water partition coefficient (Wildman–Crippen LogP) is 2.61. The maximum absolute atomic E-state index is 13.0. The van der Waals surface area contributed by atoms with Crippen LogP contribution in [-0.2, 0) is 14.9 Å². The third-order valence-corrected chi connectivity index (χ3v) is 3.52. The van der Waals surface area contributed by atoms with Gasteiger partial charge in [-0.1, -0.05) is 17.7 Å². The van der Waals surface area contributed by atoms with E-state index in [-0.39, 0.29) is 5.02 Å². The summed E-state index contributed by atoms with van der Waals surface area (Å²) in [5.41, 5.74) is -0.584. The lowest BCUT2D eigenvalue weighted by Crippen LogP contribution is -2.41. The van der Waals surface area contributed by atoms with E-state index < -0.39 is 17.2 Å². The van der Waals surface area contributed by atoms with Gasteiger partial charge in [0.05, 0.1) is 5.41 Å². The summed E-state index contributed by atoms with van der Waals surface area (Å²) >= 11 is 5.95. The molecule has 92 valence electrons. The third-order valence-electron chi connectivity index (χ3n) is 3.20. The Hall–Kier alpha value is -1.13. The number of carboxylic acids is 1. The molecule has 0 aliphatic carbocycles. The first-order valence-electron chi connectivity index (χ1n) is 5.33. The first-order chi connectivity index (χ1) is 8.06. The summed E-state index contributed by atoms with van der Waals surface area (Å²) < 4.78 is 18.2. The van der Waals surface area contributed by atoms with E-state index >= 15 is 0 Å². The van der Waals surface area contributed by atoms with Gasteiger partial charge in [-0.3, -0.25) is 4.79 Å². The Labute approximate surface area is 103 Å². The van der Waals surface area contributed by atoms with Crippen LogP contribution in [0.5, 0.6) is 0 Å². The van der Waals surface area contributed by atoms with Crippen molar-refractivity contribution in [2.24, 2.45) is 0 Å². The first-order valence-corrected chi connectivity index (χ1v) is 5.71. The highest BCUT2D eigenvalue weighted by Crippen LogP contribution is 2.39. The largest absolute Gasteiger partial charge is 0.481 e. The monoisotopic (exact) mass is 258 g/mol. The van der Waals surface area contributed by atoms with Gasteiger partial charge in [-0.05, 0) is 30.5 Å². The van der Waals surface area contributed by atoms with Gasteiger partial charge in [0.2, 0.25) is 0 Å². The number of carbonyl (C=O) groups is 1. The Morgan fingerprint density at radius 3 is 2.59 bits per heavy atom. The summed E-state index contributed by atoms with van der Waals surface area (Å²) in [6.07, 6.45) is 0.710. The van der Waals surface area contributed by atoms with Gasteiger partial charge in [0.15, 0.2) is 0 Å². The molecule has 1 saturated heterocycles. The van der Waals surface area contributed by atoms with Crippen LogP contribution in [0.1, 0.15) is 18.4 Å². The Kier molecular flexibility index (Phi) is 3.35. The van der Waals surface area contributed by atoms with Gasteiger partial charge in [0, 0.05) is 18.2 Å². The van der Waals surface area contributed by atoms with Crippen LogP contribution in [0, 0.1) is 5.82 Å². The standard InChI is InChI=1S/C12H12ClFO3/c13-10-7-8(14)1-2-9(10)12(11(15)16)3-5-17-6-4-12/h1-2,7H,3-6H2,(H,15,16). The summed E-state index contributed by atoms with van der Waals surface area (Å²) in [6, 6.07) is 3.84. The van der Waals surface area contributed by atoms with Crippen molar-refractivity contribution in [3.63, 3.8) is 0 Å². The fourth-order valence-electron chi connectivity index (χ4n) is 2.20. The van der Waals surface area contributed by atoms with Crippen molar-refractivity contribution >= 4 is 17.6 Å². The summed E-state index contributed by atoms with van der Waals surface area (Å²) in [7, 11) is 0. The average Bonchev–Trinajstić information content (AvgIpc) is 2.29. The molecule has 0 saturated carbocycles. The van der Waals surface area contributed by atoms with Crippen LogP contribution in [0.4, 0.5) is 4.39 Å². The molecule has 0 radical (unpaired) electrons. The number of hydrogen-bond donors (Lipinski definition) is 1. The molecule has 3 nitrogen and oxygen atoms in total. The fourth-order valence-corrected chi connectivity index (χ4v) is 2.54. The predicted molar refractivity (Wildman–Crippen MR) is 60.8 cm³/mol. The van der Waals surface area contributed by atoms with Crippen molar-refractivity contribution in [1.29, 1.82) is 0 Å². The first kappa shape index (κ1) is 12.3. The Balaban J connectivity index is 2.49. The highest BCUT2D eigenvalue weighted by atomic mass is 35.5. The van der Waals surface area contributed by atoms with Gasteiger partial charge in [-0.15, -0.1) is 0 Å². The Bertz CT molecular complexity index is 441. The molecule has 0 amide bonds. The lowest BCUT2D eigenvalue weighted by Gasteiger charge is -2.34. The molecule has 1 aliphatic rings. The minimum atomic E-state index is -1.05. The molecule has 1 fully saturated rings. The average molecular weight is 259 g/mol. The number of ether oxygens (including phenoxy) is 1. The van der Waals surface area contributed by atoms with Gasteiger partial charge in [-0.2, -0.15) is 0 Å². The summed E-state index contributed by atoms with van der Waals surface area (Å²) in [5, 5.41) is 9.59. The smallest absolute Gasteiger partial charge is 0.314 e. The molecule has 1 N–H and O–H groups in total. The normalized spacial score (nSPS) is 18.9. The van der Waals surface area contributed by atoms with E-state index in [1.165, 1.54) is 12.1 Å². The fraction of sp³-hybridized carbons (Fsp3) is 0.417. The van der Waals surface area contributed by atoms with Gasteiger partial charge < -0.3 is 9.84 Å². The molecular weight excluding hydrogens is 247 g/mol. The zero-order chi connectivity index (χ0) is 12.5. The zero-order valence-electron chi connectivity index (χ0n) is 9.08. The van der Waals surface area contributed by atoms with E-state index in [2.05, 4.69) is 0 Å². The van der Waals surface area contributed by atoms with E-state index in [1.54, 1.807) is 0 Å². The minimum absolute atomic E-state index is 0.161. The lowest BCUT2D eigenvalue weighted by atomic mass is 9.74. The van der Waals surface area contributed by atoms with Crippen LogP contribution < -0.4 is 0 Å². The van der Waals surface area contributed by atoms with Gasteiger partial charge in [0.1, 0.15) is 5.82 Å². The van der Waals surface area contributed by atoms with Gasteiger partial charge in [-0.25, -0.2) is 4.39 Å². The number of benzene rings is 1. The number of hydrogen-bond acceptors (Lipinski definition) is 2. The van der Waals surface area contributed by atoms with Gasteiger partial charge >= 0.3 is 5.97 Å². The maximum Gasteiger partial charge on any atom is 0.314 e. The molecule has 0 atom stereocenters. The molecule has 2 rings (SSSR count). The van der Waals surface area contributed by atoms with E-state index in [4.69, 9.17) is 16.3 Å². The molecule has 1 aromatic rings. The lowest BCUT2D eigenvalue weighted by molar-refractivity contribution is -0.147. The van der Waals surface area contributed by atoms with Crippen LogP contribution in [0.3, 0.4) is 0 Å². The number of carboxylic acid groups (broad SMARTS) is 1. The molecule has 1 aliphatic heterocycles. The highest BCUT2D eigenvalue weighted by molar-refractivity contribution is 6.31. The van der Waals surface area contributed by atoms with Crippen LogP contribution in [0.25, 0.3) is 0 Å². The second-order valence-corrected chi connectivity index (χ2v) is 4.53. The Morgan fingerprint density at radius 1 is 1.41 bits per heavy atom. The van der Waals surface area contributed by atoms with Crippen LogP contribution in [0.15, 0.2) is 18.2 Å². The molecule has 0 spiro atoms.